The zero-order chi connectivity index (χ0) is 14.3. The first kappa shape index (κ1) is 17.3. The highest BCUT2D eigenvalue weighted by Crippen LogP contribution is 2.16. The summed E-state index contributed by atoms with van der Waals surface area (Å²) < 4.78 is 13.4. The molecule has 6 heteroatoms. The van der Waals surface area contributed by atoms with Crippen LogP contribution in [-0.4, -0.2) is 67.5 Å². The Labute approximate surface area is 122 Å². The molecule has 0 saturated carbocycles. The van der Waals surface area contributed by atoms with Crippen LogP contribution < -0.4 is 0 Å². The smallest absolute Gasteiger partial charge is 0.320 e. The summed E-state index contributed by atoms with van der Waals surface area (Å²) >= 11 is 0. The van der Waals surface area contributed by atoms with Crippen molar-refractivity contribution in [3.8, 4) is 0 Å². The number of unbranched alkanes of at least 4 members (excludes halogenated alkanes) is 1. The van der Waals surface area contributed by atoms with Gasteiger partial charge >= 0.3 is 9.28 Å². The average Bonchev–Trinajstić information content (AvgIpc) is 2.38. The van der Waals surface area contributed by atoms with Gasteiger partial charge in [0.15, 0.2) is 0 Å². The van der Waals surface area contributed by atoms with Crippen molar-refractivity contribution in [2.45, 2.75) is 44.9 Å². The summed E-state index contributed by atoms with van der Waals surface area (Å²) in [6, 6.07) is 1.14. The van der Waals surface area contributed by atoms with Gasteiger partial charge in [0.2, 0.25) is 0 Å². The maximum absolute atomic E-state index is 5.35. The van der Waals surface area contributed by atoms with Crippen LogP contribution in [0.1, 0.15) is 19.3 Å². The Balaban J connectivity index is 2.19. The molecule has 1 aliphatic rings. The Bertz CT molecular complexity index is 245. The van der Waals surface area contributed by atoms with Crippen LogP contribution in [0.5, 0.6) is 0 Å². The molecule has 0 aromatic carbocycles. The molecule has 1 rings (SSSR count). The molecule has 1 aliphatic heterocycles. The molecule has 19 heavy (non-hydrogen) atoms. The van der Waals surface area contributed by atoms with E-state index in [9.17, 15) is 0 Å². The summed E-state index contributed by atoms with van der Waals surface area (Å²) in [7, 11) is 1.10. The maximum atomic E-state index is 5.35. The fourth-order valence-electron chi connectivity index (χ4n) is 2.58. The number of rotatable bonds is 8. The molecule has 114 valence electrons. The lowest BCUT2D eigenvalue weighted by molar-refractivity contribution is 0.139. The van der Waals surface area contributed by atoms with E-state index in [0.29, 0.717) is 0 Å². The van der Waals surface area contributed by atoms with Gasteiger partial charge in [0, 0.05) is 27.4 Å². The lowest BCUT2D eigenvalue weighted by atomic mass is 10.3. The second-order valence-corrected chi connectivity index (χ2v) is 13.8. The van der Waals surface area contributed by atoms with Crippen molar-refractivity contribution in [2.75, 3.05) is 40.5 Å². The Hall–Kier alpha value is 0.274. The van der Waals surface area contributed by atoms with Crippen LogP contribution in [0.15, 0.2) is 0 Å². The Morgan fingerprint density at radius 3 is 2.32 bits per heavy atom. The molecule has 0 bridgehead atoms. The van der Waals surface area contributed by atoms with Gasteiger partial charge in [0.05, 0.1) is 0 Å². The summed E-state index contributed by atoms with van der Waals surface area (Å²) in [6.45, 7) is 12.3. The van der Waals surface area contributed by atoms with E-state index in [1.165, 1.54) is 45.6 Å². The van der Waals surface area contributed by atoms with Crippen molar-refractivity contribution in [2.24, 2.45) is 0 Å². The summed E-state index contributed by atoms with van der Waals surface area (Å²) in [4.78, 5) is 2.62. The van der Waals surface area contributed by atoms with Crippen molar-refractivity contribution in [1.29, 1.82) is 0 Å². The van der Waals surface area contributed by atoms with Crippen molar-refractivity contribution in [1.82, 2.24) is 9.47 Å². The van der Waals surface area contributed by atoms with Gasteiger partial charge in [-0.25, -0.2) is 0 Å². The van der Waals surface area contributed by atoms with Gasteiger partial charge in [0.25, 0.3) is 0 Å². The van der Waals surface area contributed by atoms with Crippen molar-refractivity contribution < 1.29 is 8.85 Å². The first-order valence-corrected chi connectivity index (χ1v) is 12.7. The van der Waals surface area contributed by atoms with Gasteiger partial charge in [0.1, 0.15) is 8.24 Å². The summed E-state index contributed by atoms with van der Waals surface area (Å²) in [5, 5.41) is 0. The van der Waals surface area contributed by atoms with Gasteiger partial charge in [-0.3, -0.25) is 4.90 Å². The maximum Gasteiger partial charge on any atom is 0.320 e. The van der Waals surface area contributed by atoms with E-state index in [1.807, 2.05) is 0 Å². The molecule has 0 spiro atoms. The first-order chi connectivity index (χ1) is 8.97. The number of nitrogens with zero attached hydrogens (tertiary/aromatic N) is 2. The summed E-state index contributed by atoms with van der Waals surface area (Å²) in [5.74, 6) is 0. The van der Waals surface area contributed by atoms with Crippen LogP contribution >= 0.6 is 0 Å². The predicted molar refractivity (Wildman–Crippen MR) is 86.3 cm³/mol. The van der Waals surface area contributed by atoms with Crippen LogP contribution in [0.25, 0.3) is 0 Å². The third kappa shape index (κ3) is 6.51. The van der Waals surface area contributed by atoms with Gasteiger partial charge in [-0.1, -0.05) is 26.1 Å². The van der Waals surface area contributed by atoms with Crippen LogP contribution in [0, 0.1) is 0 Å². The van der Waals surface area contributed by atoms with E-state index in [0.717, 1.165) is 6.04 Å². The highest BCUT2D eigenvalue weighted by Gasteiger charge is 2.27. The summed E-state index contributed by atoms with van der Waals surface area (Å²) in [6.07, 6.45) is 3.84. The molecule has 0 unspecified atom stereocenters. The van der Waals surface area contributed by atoms with E-state index >= 15 is 0 Å². The van der Waals surface area contributed by atoms with E-state index in [-0.39, 0.29) is 0 Å². The van der Waals surface area contributed by atoms with Gasteiger partial charge in [-0.15, -0.1) is 0 Å². The Morgan fingerprint density at radius 1 is 1.05 bits per heavy atom. The van der Waals surface area contributed by atoms with Gasteiger partial charge < -0.3 is 13.4 Å². The normalized spacial score (nSPS) is 19.3. The molecule has 0 atom stereocenters. The SMILES string of the molecule is CO[SiH](CCCCN1CCCN([Si](C)(C)C)C1)OC. The molecular formula is C13H32N2O2Si2. The molecule has 0 radical (unpaired) electrons. The lowest BCUT2D eigenvalue weighted by Gasteiger charge is -2.42. The standard InChI is InChI=1S/C13H32N2O2Si2/c1-16-18(17-2)12-7-6-9-14-10-8-11-15(13-14)19(3,4)5/h18H,6-13H2,1-5H3. The molecule has 0 amide bonds. The molecule has 1 fully saturated rings. The quantitative estimate of drug-likeness (QED) is 0.506. The third-order valence-electron chi connectivity index (χ3n) is 3.91. The van der Waals surface area contributed by atoms with Crippen LogP contribution in [0.3, 0.4) is 0 Å². The molecule has 4 nitrogen and oxygen atoms in total. The average molecular weight is 305 g/mol. The Kier molecular flexibility index (Phi) is 7.78. The number of hydrogen-bond donors (Lipinski definition) is 0. The fraction of sp³-hybridized carbons (Fsp3) is 1.00. The first-order valence-electron chi connectivity index (χ1n) is 7.50. The molecule has 1 heterocycles. The van der Waals surface area contributed by atoms with Crippen molar-refractivity contribution >= 4 is 17.5 Å². The molecular weight excluding hydrogens is 272 g/mol. The van der Waals surface area contributed by atoms with Gasteiger partial charge in [-0.2, -0.15) is 0 Å². The molecule has 0 aromatic heterocycles. The van der Waals surface area contributed by atoms with Crippen LogP contribution in [0.4, 0.5) is 0 Å². The highest BCUT2D eigenvalue weighted by atomic mass is 28.3. The van der Waals surface area contributed by atoms with E-state index in [4.69, 9.17) is 8.85 Å². The van der Waals surface area contributed by atoms with E-state index in [2.05, 4.69) is 29.1 Å². The van der Waals surface area contributed by atoms with Crippen molar-refractivity contribution in [3.05, 3.63) is 0 Å². The van der Waals surface area contributed by atoms with Crippen molar-refractivity contribution in [3.63, 3.8) is 0 Å². The van der Waals surface area contributed by atoms with E-state index < -0.39 is 17.5 Å². The summed E-state index contributed by atoms with van der Waals surface area (Å²) in [5.41, 5.74) is 0. The van der Waals surface area contributed by atoms with Gasteiger partial charge in [-0.05, 0) is 32.0 Å². The number of hydrogen-bond acceptors (Lipinski definition) is 4. The predicted octanol–water partition coefficient (Wildman–Crippen LogP) is 2.08. The largest absolute Gasteiger partial charge is 0.400 e. The molecule has 1 saturated heterocycles. The van der Waals surface area contributed by atoms with Crippen LogP contribution in [-0.2, 0) is 8.85 Å². The third-order valence-corrected chi connectivity index (χ3v) is 8.11. The monoisotopic (exact) mass is 304 g/mol. The van der Waals surface area contributed by atoms with E-state index in [1.54, 1.807) is 14.2 Å². The minimum atomic E-state index is -1.33. The topological polar surface area (TPSA) is 24.9 Å². The molecule has 0 aliphatic carbocycles. The Morgan fingerprint density at radius 2 is 1.74 bits per heavy atom. The molecule has 0 aromatic rings. The van der Waals surface area contributed by atoms with Crippen LogP contribution in [0.2, 0.25) is 25.7 Å². The minimum Gasteiger partial charge on any atom is -0.400 e. The fourth-order valence-corrected chi connectivity index (χ4v) is 5.32. The second kappa shape index (κ2) is 8.54. The minimum absolute atomic E-state index is 1.12. The molecule has 0 N–H and O–H groups in total. The second-order valence-electron chi connectivity index (χ2n) is 6.44. The highest BCUT2D eigenvalue weighted by molar-refractivity contribution is 6.73. The lowest BCUT2D eigenvalue weighted by Crippen LogP contribution is -2.55. The zero-order valence-electron chi connectivity index (χ0n) is 13.4. The zero-order valence-corrected chi connectivity index (χ0v) is 15.6.